The molecular formula is C13H10F3NO2S. The molecular weight excluding hydrogens is 291 g/mol. The molecule has 0 fully saturated rings. The first-order valence-electron chi connectivity index (χ1n) is 5.56. The Labute approximate surface area is 117 Å². The molecule has 0 saturated heterocycles. The molecule has 0 amide bonds. The molecule has 0 saturated carbocycles. The zero-order valence-corrected chi connectivity index (χ0v) is 11.4. The van der Waals surface area contributed by atoms with Crippen molar-refractivity contribution < 1.29 is 22.7 Å². The Balaban J connectivity index is 2.55. The lowest BCUT2D eigenvalue weighted by atomic mass is 10.1. The number of aryl methyl sites for hydroxylation is 1. The molecule has 2 rings (SSSR count). The minimum Gasteiger partial charge on any atom is -0.464 e. The summed E-state index contributed by atoms with van der Waals surface area (Å²) in [6.07, 6.45) is -4.43. The largest absolute Gasteiger partial charge is 0.464 e. The van der Waals surface area contributed by atoms with Crippen LogP contribution in [0.4, 0.5) is 13.2 Å². The monoisotopic (exact) mass is 301 g/mol. The second-order valence-corrected chi connectivity index (χ2v) is 5.18. The van der Waals surface area contributed by atoms with E-state index in [2.05, 4.69) is 9.72 Å². The minimum absolute atomic E-state index is 0.0364. The number of carbonyl (C=O) groups is 1. The maximum absolute atomic E-state index is 12.7. The lowest BCUT2D eigenvalue weighted by molar-refractivity contribution is -0.137. The first-order chi connectivity index (χ1) is 9.32. The fourth-order valence-electron chi connectivity index (χ4n) is 1.69. The molecule has 20 heavy (non-hydrogen) atoms. The van der Waals surface area contributed by atoms with Crippen molar-refractivity contribution in [1.82, 2.24) is 4.98 Å². The van der Waals surface area contributed by atoms with Crippen LogP contribution in [0.25, 0.3) is 10.4 Å². The summed E-state index contributed by atoms with van der Waals surface area (Å²) in [7, 11) is 1.20. The number of alkyl halides is 3. The standard InChI is InChI=1S/C13H10F3NO2S/c1-7-17-10(12(18)19-2)11(20-7)8-4-3-5-9(6-8)13(14,15)16/h3-6H,1-2H3. The molecule has 0 aliphatic rings. The van der Waals surface area contributed by atoms with Gasteiger partial charge >= 0.3 is 12.1 Å². The third kappa shape index (κ3) is 2.82. The van der Waals surface area contributed by atoms with Gasteiger partial charge in [0.25, 0.3) is 0 Å². The highest BCUT2D eigenvalue weighted by molar-refractivity contribution is 7.15. The first kappa shape index (κ1) is 14.5. The zero-order chi connectivity index (χ0) is 14.9. The van der Waals surface area contributed by atoms with E-state index in [0.29, 0.717) is 15.4 Å². The predicted octanol–water partition coefficient (Wildman–Crippen LogP) is 3.92. The van der Waals surface area contributed by atoms with Crippen LogP contribution in [0.2, 0.25) is 0 Å². The van der Waals surface area contributed by atoms with E-state index >= 15 is 0 Å². The minimum atomic E-state index is -4.43. The number of thiazole rings is 1. The van der Waals surface area contributed by atoms with Crippen LogP contribution in [0.15, 0.2) is 24.3 Å². The third-order valence-electron chi connectivity index (χ3n) is 2.56. The van der Waals surface area contributed by atoms with Crippen molar-refractivity contribution >= 4 is 17.3 Å². The van der Waals surface area contributed by atoms with E-state index in [9.17, 15) is 18.0 Å². The van der Waals surface area contributed by atoms with Gasteiger partial charge in [-0.15, -0.1) is 11.3 Å². The van der Waals surface area contributed by atoms with E-state index in [4.69, 9.17) is 0 Å². The number of hydrogen-bond acceptors (Lipinski definition) is 4. The van der Waals surface area contributed by atoms with Crippen LogP contribution in [-0.2, 0) is 10.9 Å². The Kier molecular flexibility index (Phi) is 3.80. The summed E-state index contributed by atoms with van der Waals surface area (Å²) >= 11 is 1.15. The van der Waals surface area contributed by atoms with Gasteiger partial charge in [-0.1, -0.05) is 12.1 Å². The Morgan fingerprint density at radius 3 is 2.65 bits per heavy atom. The van der Waals surface area contributed by atoms with Gasteiger partial charge in [-0.05, 0) is 24.6 Å². The molecule has 0 unspecified atom stereocenters. The van der Waals surface area contributed by atoms with Crippen molar-refractivity contribution in [3.05, 3.63) is 40.5 Å². The van der Waals surface area contributed by atoms with E-state index in [1.807, 2.05) is 0 Å². The highest BCUT2D eigenvalue weighted by Crippen LogP contribution is 2.35. The van der Waals surface area contributed by atoms with Gasteiger partial charge in [0.15, 0.2) is 5.69 Å². The number of benzene rings is 1. The highest BCUT2D eigenvalue weighted by atomic mass is 32.1. The maximum atomic E-state index is 12.7. The summed E-state index contributed by atoms with van der Waals surface area (Å²) in [6, 6.07) is 4.79. The summed E-state index contributed by atoms with van der Waals surface area (Å²) in [5.41, 5.74) is -0.433. The lowest BCUT2D eigenvalue weighted by Crippen LogP contribution is -2.06. The first-order valence-corrected chi connectivity index (χ1v) is 6.38. The fraction of sp³-hybridized carbons (Fsp3) is 0.231. The van der Waals surface area contributed by atoms with E-state index in [0.717, 1.165) is 23.5 Å². The molecule has 106 valence electrons. The molecule has 1 aromatic heterocycles. The average Bonchev–Trinajstić information content (AvgIpc) is 2.79. The van der Waals surface area contributed by atoms with Crippen LogP contribution in [0.3, 0.4) is 0 Å². The Hall–Kier alpha value is -1.89. The van der Waals surface area contributed by atoms with Crippen LogP contribution in [0.1, 0.15) is 21.1 Å². The normalized spacial score (nSPS) is 11.4. The van der Waals surface area contributed by atoms with Gasteiger partial charge in [-0.25, -0.2) is 9.78 Å². The Morgan fingerprint density at radius 1 is 1.35 bits per heavy atom. The molecule has 0 N–H and O–H groups in total. The molecule has 7 heteroatoms. The van der Waals surface area contributed by atoms with E-state index in [1.165, 1.54) is 19.2 Å². The van der Waals surface area contributed by atoms with E-state index in [-0.39, 0.29) is 5.69 Å². The van der Waals surface area contributed by atoms with Crippen molar-refractivity contribution in [2.45, 2.75) is 13.1 Å². The zero-order valence-electron chi connectivity index (χ0n) is 10.6. The maximum Gasteiger partial charge on any atom is 0.416 e. The number of nitrogens with zero attached hydrogens (tertiary/aromatic N) is 1. The molecule has 0 atom stereocenters. The average molecular weight is 301 g/mol. The fourth-order valence-corrected chi connectivity index (χ4v) is 2.60. The number of rotatable bonds is 2. The molecule has 1 heterocycles. The van der Waals surface area contributed by atoms with Crippen molar-refractivity contribution in [2.24, 2.45) is 0 Å². The van der Waals surface area contributed by atoms with Gasteiger partial charge in [0, 0.05) is 0 Å². The van der Waals surface area contributed by atoms with Gasteiger partial charge in [0.05, 0.1) is 22.6 Å². The molecule has 0 aliphatic heterocycles. The van der Waals surface area contributed by atoms with Crippen LogP contribution < -0.4 is 0 Å². The van der Waals surface area contributed by atoms with Crippen molar-refractivity contribution in [1.29, 1.82) is 0 Å². The lowest BCUT2D eigenvalue weighted by Gasteiger charge is -2.08. The number of carbonyl (C=O) groups excluding carboxylic acids is 1. The second-order valence-electron chi connectivity index (χ2n) is 3.98. The van der Waals surface area contributed by atoms with Crippen molar-refractivity contribution in [3.63, 3.8) is 0 Å². The summed E-state index contributed by atoms with van der Waals surface area (Å²) in [5.74, 6) is -0.665. The molecule has 0 bridgehead atoms. The molecule has 3 nitrogen and oxygen atoms in total. The number of methoxy groups -OCH3 is 1. The van der Waals surface area contributed by atoms with Crippen LogP contribution >= 0.6 is 11.3 Å². The van der Waals surface area contributed by atoms with Crippen LogP contribution in [-0.4, -0.2) is 18.1 Å². The van der Waals surface area contributed by atoms with Crippen LogP contribution in [0, 0.1) is 6.92 Å². The Morgan fingerprint density at radius 2 is 2.05 bits per heavy atom. The quantitative estimate of drug-likeness (QED) is 0.789. The number of hydrogen-bond donors (Lipinski definition) is 0. The van der Waals surface area contributed by atoms with Gasteiger partial charge in [-0.2, -0.15) is 13.2 Å². The molecule has 0 spiro atoms. The van der Waals surface area contributed by atoms with Crippen molar-refractivity contribution in [3.8, 4) is 10.4 Å². The summed E-state index contributed by atoms with van der Waals surface area (Å²) < 4.78 is 42.7. The van der Waals surface area contributed by atoms with Crippen LogP contribution in [0.5, 0.6) is 0 Å². The highest BCUT2D eigenvalue weighted by Gasteiger charge is 2.31. The summed E-state index contributed by atoms with van der Waals surface area (Å²) in [4.78, 5) is 16.0. The topological polar surface area (TPSA) is 39.2 Å². The number of esters is 1. The third-order valence-corrected chi connectivity index (χ3v) is 3.58. The second kappa shape index (κ2) is 5.24. The molecule has 2 aromatic rings. The summed E-state index contributed by atoms with van der Waals surface area (Å²) in [6.45, 7) is 1.67. The van der Waals surface area contributed by atoms with Gasteiger partial charge in [0.1, 0.15) is 0 Å². The van der Waals surface area contributed by atoms with Gasteiger partial charge < -0.3 is 4.74 Å². The van der Waals surface area contributed by atoms with Crippen molar-refractivity contribution in [2.75, 3.05) is 7.11 Å². The number of halogens is 3. The van der Waals surface area contributed by atoms with Gasteiger partial charge in [0.2, 0.25) is 0 Å². The van der Waals surface area contributed by atoms with Gasteiger partial charge in [-0.3, -0.25) is 0 Å². The van der Waals surface area contributed by atoms with E-state index < -0.39 is 17.7 Å². The number of ether oxygens (including phenoxy) is 1. The molecule has 0 aliphatic carbocycles. The SMILES string of the molecule is COC(=O)c1nc(C)sc1-c1cccc(C(F)(F)F)c1. The van der Waals surface area contributed by atoms with E-state index in [1.54, 1.807) is 6.92 Å². The smallest absolute Gasteiger partial charge is 0.416 e. The number of aromatic nitrogens is 1. The molecule has 1 aromatic carbocycles. The summed E-state index contributed by atoms with van der Waals surface area (Å²) in [5, 5.41) is 0.581. The molecule has 0 radical (unpaired) electrons. The Bertz CT molecular complexity index is 649. The predicted molar refractivity (Wildman–Crippen MR) is 68.6 cm³/mol.